The van der Waals surface area contributed by atoms with Crippen molar-refractivity contribution in [3.63, 3.8) is 0 Å². The summed E-state index contributed by atoms with van der Waals surface area (Å²) in [5, 5.41) is 3.02. The monoisotopic (exact) mass is 355 g/mol. The lowest BCUT2D eigenvalue weighted by molar-refractivity contribution is 0.0939. The topological polar surface area (TPSA) is 95.7 Å². The van der Waals surface area contributed by atoms with Gasteiger partial charge in [0.05, 0.1) is 6.04 Å². The Bertz CT molecular complexity index is 790. The Morgan fingerprint density at radius 2 is 1.73 bits per heavy atom. The van der Waals surface area contributed by atoms with Crippen molar-refractivity contribution in [2.24, 2.45) is 0 Å². The third-order valence-corrected chi connectivity index (χ3v) is 4.42. The van der Waals surface area contributed by atoms with Crippen LogP contribution in [0.5, 0.6) is 11.5 Å². The standard InChI is InChI=1S/C18H21N5O3/c1-11(14-6-7-15-16(10-14)26-9-8-25-15)19-18(24)13-4-2-12(3-5-13)17-20-22-23-21-17/h2-7,10-11,17,20-23H,8-9H2,1H3,(H,19,24). The maximum atomic E-state index is 12.5. The molecule has 5 N–H and O–H groups in total. The van der Waals surface area contributed by atoms with Gasteiger partial charge >= 0.3 is 0 Å². The summed E-state index contributed by atoms with van der Waals surface area (Å²) in [6.07, 6.45) is -0.0521. The number of hydrogen-bond acceptors (Lipinski definition) is 7. The third-order valence-electron chi connectivity index (χ3n) is 4.42. The zero-order valence-corrected chi connectivity index (χ0v) is 14.3. The van der Waals surface area contributed by atoms with Crippen LogP contribution in [0.3, 0.4) is 0 Å². The third kappa shape index (κ3) is 3.49. The highest BCUT2D eigenvalue weighted by atomic mass is 16.6. The Morgan fingerprint density at radius 1 is 1.04 bits per heavy atom. The van der Waals surface area contributed by atoms with Crippen LogP contribution in [0.4, 0.5) is 0 Å². The summed E-state index contributed by atoms with van der Waals surface area (Å²) >= 11 is 0. The van der Waals surface area contributed by atoms with E-state index in [0.29, 0.717) is 18.8 Å². The number of hydrogen-bond donors (Lipinski definition) is 5. The van der Waals surface area contributed by atoms with Crippen molar-refractivity contribution in [3.05, 3.63) is 59.2 Å². The molecule has 26 heavy (non-hydrogen) atoms. The average Bonchev–Trinajstić information content (AvgIpc) is 3.22. The first kappa shape index (κ1) is 16.8. The number of amides is 1. The number of nitrogens with one attached hydrogen (secondary N) is 5. The molecule has 1 fully saturated rings. The molecule has 2 aromatic rings. The molecule has 2 aliphatic rings. The van der Waals surface area contributed by atoms with E-state index in [1.54, 1.807) is 0 Å². The molecule has 0 bridgehead atoms. The quantitative estimate of drug-likeness (QED) is 0.560. The molecule has 1 saturated heterocycles. The SMILES string of the molecule is CC(NC(=O)c1ccc(C2NNNN2)cc1)c1ccc2c(c1)OCCO2. The summed E-state index contributed by atoms with van der Waals surface area (Å²) in [6.45, 7) is 3.05. The van der Waals surface area contributed by atoms with Crippen LogP contribution in [0.25, 0.3) is 0 Å². The van der Waals surface area contributed by atoms with Gasteiger partial charge in [0.2, 0.25) is 0 Å². The minimum absolute atomic E-state index is 0.0521. The Kier molecular flexibility index (Phi) is 4.72. The van der Waals surface area contributed by atoms with Gasteiger partial charge in [-0.3, -0.25) is 4.79 Å². The minimum Gasteiger partial charge on any atom is -0.486 e. The van der Waals surface area contributed by atoms with E-state index in [2.05, 4.69) is 27.2 Å². The second kappa shape index (κ2) is 7.30. The van der Waals surface area contributed by atoms with Crippen LogP contribution >= 0.6 is 0 Å². The van der Waals surface area contributed by atoms with Crippen molar-refractivity contribution >= 4 is 5.91 Å². The van der Waals surface area contributed by atoms with Crippen LogP contribution < -0.4 is 36.7 Å². The lowest BCUT2D eigenvalue weighted by Gasteiger charge is -2.21. The lowest BCUT2D eigenvalue weighted by Crippen LogP contribution is -2.33. The molecule has 0 spiro atoms. The van der Waals surface area contributed by atoms with Gasteiger partial charge in [-0.1, -0.05) is 18.2 Å². The number of rotatable bonds is 4. The Labute approximate surface area is 151 Å². The second-order valence-electron chi connectivity index (χ2n) is 6.19. The van der Waals surface area contributed by atoms with Gasteiger partial charge in [0.25, 0.3) is 5.91 Å². The first-order valence-electron chi connectivity index (χ1n) is 8.52. The summed E-state index contributed by atoms with van der Waals surface area (Å²) < 4.78 is 11.1. The molecule has 8 heteroatoms. The lowest BCUT2D eigenvalue weighted by atomic mass is 10.1. The van der Waals surface area contributed by atoms with Gasteiger partial charge in [0.1, 0.15) is 19.4 Å². The number of carbonyl (C=O) groups excluding carboxylic acids is 1. The summed E-state index contributed by atoms with van der Waals surface area (Å²) in [7, 11) is 0. The number of benzene rings is 2. The number of hydrazine groups is 3. The van der Waals surface area contributed by atoms with E-state index in [4.69, 9.17) is 9.47 Å². The van der Waals surface area contributed by atoms with E-state index < -0.39 is 0 Å². The van der Waals surface area contributed by atoms with E-state index in [1.807, 2.05) is 49.4 Å². The maximum Gasteiger partial charge on any atom is 0.251 e. The molecule has 2 heterocycles. The van der Waals surface area contributed by atoms with E-state index in [-0.39, 0.29) is 18.1 Å². The maximum absolute atomic E-state index is 12.5. The average molecular weight is 355 g/mol. The minimum atomic E-state index is -0.149. The zero-order valence-electron chi connectivity index (χ0n) is 14.3. The first-order valence-corrected chi connectivity index (χ1v) is 8.52. The van der Waals surface area contributed by atoms with Gasteiger partial charge in [0, 0.05) is 5.56 Å². The number of fused-ring (bicyclic) bond motifs is 1. The molecule has 136 valence electrons. The molecule has 2 aliphatic heterocycles. The highest BCUT2D eigenvalue weighted by molar-refractivity contribution is 5.94. The van der Waals surface area contributed by atoms with Crippen LogP contribution in [0.2, 0.25) is 0 Å². The van der Waals surface area contributed by atoms with Crippen LogP contribution in [0.15, 0.2) is 42.5 Å². The Balaban J connectivity index is 1.42. The summed E-state index contributed by atoms with van der Waals surface area (Å²) in [5.41, 5.74) is 14.1. The predicted molar refractivity (Wildman–Crippen MR) is 95.0 cm³/mol. The van der Waals surface area contributed by atoms with Crippen molar-refractivity contribution in [1.82, 2.24) is 27.2 Å². The fourth-order valence-corrected chi connectivity index (χ4v) is 2.94. The molecular formula is C18H21N5O3. The van der Waals surface area contributed by atoms with Gasteiger partial charge in [-0.2, -0.15) is 11.1 Å². The van der Waals surface area contributed by atoms with Crippen molar-refractivity contribution < 1.29 is 14.3 Å². The molecular weight excluding hydrogens is 334 g/mol. The number of carbonyl (C=O) groups is 1. The van der Waals surface area contributed by atoms with Gasteiger partial charge in [-0.25, -0.2) is 10.9 Å². The van der Waals surface area contributed by atoms with Gasteiger partial charge in [-0.05, 0) is 42.3 Å². The van der Waals surface area contributed by atoms with Gasteiger partial charge in [0.15, 0.2) is 11.5 Å². The largest absolute Gasteiger partial charge is 0.486 e. The molecule has 1 unspecified atom stereocenters. The molecule has 0 radical (unpaired) electrons. The Morgan fingerprint density at radius 3 is 2.46 bits per heavy atom. The van der Waals surface area contributed by atoms with Gasteiger partial charge < -0.3 is 14.8 Å². The first-order chi connectivity index (χ1) is 12.7. The highest BCUT2D eigenvalue weighted by Crippen LogP contribution is 2.32. The van der Waals surface area contributed by atoms with Crippen molar-refractivity contribution in [2.45, 2.75) is 19.1 Å². The second-order valence-corrected chi connectivity index (χ2v) is 6.19. The normalized spacial score (nSPS) is 17.7. The fourth-order valence-electron chi connectivity index (χ4n) is 2.94. The van der Waals surface area contributed by atoms with Crippen LogP contribution in [0, 0.1) is 0 Å². The molecule has 8 nitrogen and oxygen atoms in total. The molecule has 1 atom stereocenters. The molecule has 1 amide bonds. The fraction of sp³-hybridized carbons (Fsp3) is 0.278. The molecule has 2 aromatic carbocycles. The van der Waals surface area contributed by atoms with Gasteiger partial charge in [-0.15, -0.1) is 0 Å². The van der Waals surface area contributed by atoms with Crippen LogP contribution in [-0.4, -0.2) is 19.1 Å². The highest BCUT2D eigenvalue weighted by Gasteiger charge is 2.18. The van der Waals surface area contributed by atoms with E-state index in [9.17, 15) is 4.79 Å². The molecule has 0 aliphatic carbocycles. The van der Waals surface area contributed by atoms with Crippen molar-refractivity contribution in [1.29, 1.82) is 0 Å². The molecule has 4 rings (SSSR count). The number of ether oxygens (including phenoxy) is 2. The smallest absolute Gasteiger partial charge is 0.251 e. The molecule has 0 saturated carbocycles. The predicted octanol–water partition coefficient (Wildman–Crippen LogP) is 1.06. The zero-order chi connectivity index (χ0) is 17.9. The summed E-state index contributed by atoms with van der Waals surface area (Å²) in [4.78, 5) is 12.5. The van der Waals surface area contributed by atoms with E-state index in [1.165, 1.54) is 0 Å². The van der Waals surface area contributed by atoms with Crippen molar-refractivity contribution in [2.75, 3.05) is 13.2 Å². The Hall–Kier alpha value is -2.65. The van der Waals surface area contributed by atoms with Crippen LogP contribution in [0.1, 0.15) is 40.6 Å². The van der Waals surface area contributed by atoms with Crippen molar-refractivity contribution in [3.8, 4) is 11.5 Å². The van der Waals surface area contributed by atoms with E-state index >= 15 is 0 Å². The van der Waals surface area contributed by atoms with Crippen LogP contribution in [-0.2, 0) is 0 Å². The molecule has 0 aromatic heterocycles. The summed E-state index contributed by atoms with van der Waals surface area (Å²) in [6, 6.07) is 13.0. The van der Waals surface area contributed by atoms with E-state index in [0.717, 1.165) is 22.6 Å². The summed E-state index contributed by atoms with van der Waals surface area (Å²) in [5.74, 6) is 1.34.